The minimum Gasteiger partial charge on any atom is -0.459 e. The molecule has 0 radical (unpaired) electrons. The van der Waals surface area contributed by atoms with Crippen molar-refractivity contribution in [2.75, 3.05) is 6.54 Å². The number of ether oxygens (including phenoxy) is 1. The molecule has 9 heteroatoms. The largest absolute Gasteiger partial charge is 0.459 e. The molecule has 0 aliphatic carbocycles. The molecule has 8 nitrogen and oxygen atoms in total. The molecule has 1 aromatic carbocycles. The predicted molar refractivity (Wildman–Crippen MR) is 104 cm³/mol. The van der Waals surface area contributed by atoms with Crippen LogP contribution in [0, 0.1) is 13.8 Å². The third-order valence-electron chi connectivity index (χ3n) is 5.13. The number of piperidine rings is 1. The molecule has 0 bridgehead atoms. The fourth-order valence-electron chi connectivity index (χ4n) is 3.37. The molecule has 156 valence electrons. The topological polar surface area (TPSA) is 107 Å². The second-order valence-electron chi connectivity index (χ2n) is 7.12. The van der Waals surface area contributed by atoms with Crippen molar-refractivity contribution in [2.45, 2.75) is 57.6 Å². The minimum atomic E-state index is -3.90. The van der Waals surface area contributed by atoms with Crippen molar-refractivity contribution in [1.29, 1.82) is 0 Å². The van der Waals surface area contributed by atoms with Crippen LogP contribution in [0.1, 0.15) is 53.6 Å². The third-order valence-corrected chi connectivity index (χ3v) is 7.06. The van der Waals surface area contributed by atoms with Crippen LogP contribution in [0.5, 0.6) is 0 Å². The summed E-state index contributed by atoms with van der Waals surface area (Å²) < 4.78 is 37.9. The van der Waals surface area contributed by atoms with Crippen molar-refractivity contribution < 1.29 is 27.3 Å². The van der Waals surface area contributed by atoms with E-state index in [0.717, 1.165) is 6.42 Å². The number of Topliss-reactive ketones (excluding diaryl/α,β-unsaturated/α-hetero) is 1. The lowest BCUT2D eigenvalue weighted by atomic mass is 10.1. The zero-order valence-corrected chi connectivity index (χ0v) is 17.5. The molecule has 0 N–H and O–H groups in total. The van der Waals surface area contributed by atoms with Crippen LogP contribution in [0.25, 0.3) is 0 Å². The fourth-order valence-corrected chi connectivity index (χ4v) is 5.02. The van der Waals surface area contributed by atoms with Crippen molar-refractivity contribution in [3.63, 3.8) is 0 Å². The second kappa shape index (κ2) is 8.46. The molecule has 0 spiro atoms. The SMILES string of the molecule is CC(=O)c1ccc(S(=O)(=O)N2CCCCC2C(=O)OCc2c(C)noc2C)cc1. The number of hydrogen-bond donors (Lipinski definition) is 0. The van der Waals surface area contributed by atoms with Crippen LogP contribution in [0.15, 0.2) is 33.7 Å². The molecule has 2 aromatic rings. The van der Waals surface area contributed by atoms with Crippen molar-refractivity contribution in [2.24, 2.45) is 0 Å². The highest BCUT2D eigenvalue weighted by atomic mass is 32.2. The Morgan fingerprint density at radius 2 is 1.90 bits per heavy atom. The molecule has 3 rings (SSSR count). The number of benzene rings is 1. The molecule has 29 heavy (non-hydrogen) atoms. The Morgan fingerprint density at radius 3 is 2.48 bits per heavy atom. The van der Waals surface area contributed by atoms with Gasteiger partial charge in [-0.25, -0.2) is 8.42 Å². The summed E-state index contributed by atoms with van der Waals surface area (Å²) in [5, 5.41) is 3.82. The lowest BCUT2D eigenvalue weighted by molar-refractivity contribution is -0.150. The summed E-state index contributed by atoms with van der Waals surface area (Å²) in [4.78, 5) is 24.2. The van der Waals surface area contributed by atoms with E-state index in [1.807, 2.05) is 0 Å². The van der Waals surface area contributed by atoms with E-state index < -0.39 is 22.0 Å². The number of nitrogens with zero attached hydrogens (tertiary/aromatic N) is 2. The first-order chi connectivity index (χ1) is 13.7. The fraction of sp³-hybridized carbons (Fsp3) is 0.450. The Bertz CT molecular complexity index is 991. The molecular formula is C20H24N2O6S. The highest BCUT2D eigenvalue weighted by Crippen LogP contribution is 2.27. The Morgan fingerprint density at radius 1 is 1.21 bits per heavy atom. The van der Waals surface area contributed by atoms with E-state index in [2.05, 4.69) is 5.16 Å². The highest BCUT2D eigenvalue weighted by molar-refractivity contribution is 7.89. The second-order valence-corrected chi connectivity index (χ2v) is 9.01. The van der Waals surface area contributed by atoms with E-state index in [9.17, 15) is 18.0 Å². The van der Waals surface area contributed by atoms with Gasteiger partial charge >= 0.3 is 5.97 Å². The Kier molecular flexibility index (Phi) is 6.18. The van der Waals surface area contributed by atoms with Crippen LogP contribution >= 0.6 is 0 Å². The van der Waals surface area contributed by atoms with E-state index in [0.29, 0.717) is 35.4 Å². The maximum atomic E-state index is 13.1. The van der Waals surface area contributed by atoms with E-state index in [4.69, 9.17) is 9.26 Å². The summed E-state index contributed by atoms with van der Waals surface area (Å²) in [6.07, 6.45) is 1.80. The van der Waals surface area contributed by atoms with Crippen LogP contribution in [-0.2, 0) is 26.2 Å². The number of esters is 1. The standard InChI is InChI=1S/C20H24N2O6S/c1-13-18(15(3)28-21-13)12-27-20(24)19-6-4-5-11-22(19)29(25,26)17-9-7-16(8-10-17)14(2)23/h7-10,19H,4-6,11-12H2,1-3H3. The zero-order chi connectivity index (χ0) is 21.2. The van der Waals surface area contributed by atoms with E-state index in [1.54, 1.807) is 13.8 Å². The van der Waals surface area contributed by atoms with Gasteiger partial charge in [-0.2, -0.15) is 4.31 Å². The molecule has 1 fully saturated rings. The summed E-state index contributed by atoms with van der Waals surface area (Å²) in [5.41, 5.74) is 1.75. The Labute approximate surface area is 169 Å². The lowest BCUT2D eigenvalue weighted by Crippen LogP contribution is -2.48. The van der Waals surface area contributed by atoms with Crippen molar-refractivity contribution in [3.05, 3.63) is 46.8 Å². The first-order valence-electron chi connectivity index (χ1n) is 9.43. The van der Waals surface area contributed by atoms with E-state index in [1.165, 1.54) is 35.5 Å². The molecule has 1 atom stereocenters. The number of aryl methyl sites for hydroxylation is 2. The van der Waals surface area contributed by atoms with E-state index >= 15 is 0 Å². The van der Waals surface area contributed by atoms with Gasteiger partial charge < -0.3 is 9.26 Å². The van der Waals surface area contributed by atoms with Crippen molar-refractivity contribution >= 4 is 21.8 Å². The van der Waals surface area contributed by atoms with Gasteiger partial charge in [0.2, 0.25) is 10.0 Å². The van der Waals surface area contributed by atoms with Gasteiger partial charge in [-0.15, -0.1) is 0 Å². The van der Waals surface area contributed by atoms with Crippen LogP contribution < -0.4 is 0 Å². The van der Waals surface area contributed by atoms with Gasteiger partial charge in [-0.1, -0.05) is 17.3 Å². The molecule has 2 heterocycles. The summed E-state index contributed by atoms with van der Waals surface area (Å²) >= 11 is 0. The first kappa shape index (κ1) is 21.2. The number of carbonyl (C=O) groups is 2. The average molecular weight is 420 g/mol. The molecule has 0 amide bonds. The molecule has 1 aromatic heterocycles. The average Bonchev–Trinajstić information content (AvgIpc) is 3.03. The maximum absolute atomic E-state index is 13.1. The smallest absolute Gasteiger partial charge is 0.324 e. The van der Waals surface area contributed by atoms with Gasteiger partial charge in [-0.3, -0.25) is 9.59 Å². The first-order valence-corrected chi connectivity index (χ1v) is 10.9. The Balaban J connectivity index is 1.79. The molecule has 0 saturated carbocycles. The third kappa shape index (κ3) is 4.40. The van der Waals surface area contributed by atoms with Crippen molar-refractivity contribution in [3.8, 4) is 0 Å². The maximum Gasteiger partial charge on any atom is 0.324 e. The molecule has 1 aliphatic heterocycles. The monoisotopic (exact) mass is 420 g/mol. The molecule has 1 saturated heterocycles. The molecule has 1 unspecified atom stereocenters. The zero-order valence-electron chi connectivity index (χ0n) is 16.7. The Hall–Kier alpha value is -2.52. The summed E-state index contributed by atoms with van der Waals surface area (Å²) in [7, 11) is -3.90. The number of ketones is 1. The lowest BCUT2D eigenvalue weighted by Gasteiger charge is -2.33. The van der Waals surface area contributed by atoms with Gasteiger partial charge in [0.05, 0.1) is 16.2 Å². The number of sulfonamides is 1. The molecular weight excluding hydrogens is 396 g/mol. The molecule has 1 aliphatic rings. The number of carbonyl (C=O) groups excluding carboxylic acids is 2. The number of hydrogen-bond acceptors (Lipinski definition) is 7. The highest BCUT2D eigenvalue weighted by Gasteiger charge is 2.38. The van der Waals surface area contributed by atoms with E-state index in [-0.39, 0.29) is 23.8 Å². The predicted octanol–water partition coefficient (Wildman–Crippen LogP) is 2.78. The normalized spacial score (nSPS) is 17.8. The van der Waals surface area contributed by atoms with Crippen LogP contribution in [0.3, 0.4) is 0 Å². The minimum absolute atomic E-state index is 0.0162. The van der Waals surface area contributed by atoms with Gasteiger partial charge in [0.1, 0.15) is 18.4 Å². The number of aromatic nitrogens is 1. The summed E-state index contributed by atoms with van der Waals surface area (Å²) in [5.74, 6) is -0.171. The van der Waals surface area contributed by atoms with Crippen LogP contribution in [0.4, 0.5) is 0 Å². The quantitative estimate of drug-likeness (QED) is 0.522. The van der Waals surface area contributed by atoms with Crippen molar-refractivity contribution in [1.82, 2.24) is 9.46 Å². The number of rotatable bonds is 6. The van der Waals surface area contributed by atoms with Gasteiger partial charge in [0.15, 0.2) is 5.78 Å². The van der Waals surface area contributed by atoms with Crippen LogP contribution in [-0.4, -0.2) is 42.2 Å². The van der Waals surface area contributed by atoms with Gasteiger partial charge in [-0.05, 0) is 52.2 Å². The van der Waals surface area contributed by atoms with Gasteiger partial charge in [0.25, 0.3) is 0 Å². The van der Waals surface area contributed by atoms with Crippen LogP contribution in [0.2, 0.25) is 0 Å². The summed E-state index contributed by atoms with van der Waals surface area (Å²) in [6, 6.07) is 4.86. The summed E-state index contributed by atoms with van der Waals surface area (Å²) in [6.45, 7) is 5.12. The van der Waals surface area contributed by atoms with Gasteiger partial charge in [0, 0.05) is 12.1 Å².